The molecule has 1 aliphatic rings. The van der Waals surface area contributed by atoms with E-state index in [4.69, 9.17) is 4.52 Å². The molecule has 1 N–H and O–H groups in total. The minimum absolute atomic E-state index is 0.132. The first-order valence-corrected chi connectivity index (χ1v) is 11.1. The summed E-state index contributed by atoms with van der Waals surface area (Å²) in [6.07, 6.45) is 3.18. The smallest absolute Gasteiger partial charge is 0.241 e. The molecule has 2 heterocycles. The molecule has 0 saturated carbocycles. The quantitative estimate of drug-likeness (QED) is 0.562. The number of benzene rings is 2. The highest BCUT2D eigenvalue weighted by Gasteiger charge is 2.22. The summed E-state index contributed by atoms with van der Waals surface area (Å²) in [6, 6.07) is 18.2. The van der Waals surface area contributed by atoms with Crippen LogP contribution in [0.25, 0.3) is 11.4 Å². The van der Waals surface area contributed by atoms with Gasteiger partial charge in [-0.3, -0.25) is 9.69 Å². The average molecular weight is 469 g/mol. The Hall–Kier alpha value is -2.51. The first-order chi connectivity index (χ1) is 14.7. The Morgan fingerprint density at radius 3 is 2.70 bits per heavy atom. The highest BCUT2D eigenvalue weighted by atomic mass is 79.9. The number of nitrogens with zero attached hydrogens (tertiary/aromatic N) is 3. The minimum Gasteiger partial charge on any atom is -0.353 e. The van der Waals surface area contributed by atoms with E-state index < -0.39 is 0 Å². The molecular formula is C23H25BrN4O2. The van der Waals surface area contributed by atoms with Crippen molar-refractivity contribution in [3.8, 4) is 11.4 Å². The Morgan fingerprint density at radius 1 is 1.13 bits per heavy atom. The number of hydrogen-bond acceptors (Lipinski definition) is 5. The lowest BCUT2D eigenvalue weighted by Gasteiger charge is -2.31. The molecule has 0 unspecified atom stereocenters. The number of likely N-dealkylation sites (tertiary alicyclic amines) is 1. The Balaban J connectivity index is 1.21. The van der Waals surface area contributed by atoms with Gasteiger partial charge in [0.1, 0.15) is 0 Å². The van der Waals surface area contributed by atoms with E-state index in [1.54, 1.807) is 0 Å². The molecule has 0 spiro atoms. The molecular weight excluding hydrogens is 444 g/mol. The van der Waals surface area contributed by atoms with Crippen LogP contribution in [-0.4, -0.2) is 40.1 Å². The summed E-state index contributed by atoms with van der Waals surface area (Å²) >= 11 is 3.47. The van der Waals surface area contributed by atoms with Crippen molar-refractivity contribution in [2.75, 3.05) is 13.1 Å². The van der Waals surface area contributed by atoms with E-state index in [0.29, 0.717) is 24.7 Å². The van der Waals surface area contributed by atoms with E-state index in [2.05, 4.69) is 48.4 Å². The number of aryl methyl sites for hydroxylation is 1. The van der Waals surface area contributed by atoms with Gasteiger partial charge in [0.15, 0.2) is 0 Å². The monoisotopic (exact) mass is 468 g/mol. The fourth-order valence-corrected chi connectivity index (χ4v) is 4.09. The van der Waals surface area contributed by atoms with Crippen molar-refractivity contribution < 1.29 is 9.32 Å². The molecule has 6 nitrogen and oxygen atoms in total. The molecule has 1 aliphatic heterocycles. The van der Waals surface area contributed by atoms with Crippen molar-refractivity contribution in [1.82, 2.24) is 20.4 Å². The molecule has 0 bridgehead atoms. The van der Waals surface area contributed by atoms with Crippen molar-refractivity contribution in [2.24, 2.45) is 0 Å². The van der Waals surface area contributed by atoms with Crippen LogP contribution in [0.3, 0.4) is 0 Å². The number of carbonyl (C=O) groups excluding carboxylic acids is 1. The zero-order valence-electron chi connectivity index (χ0n) is 16.8. The number of hydrogen-bond donors (Lipinski definition) is 1. The van der Waals surface area contributed by atoms with Gasteiger partial charge in [0.2, 0.25) is 17.6 Å². The fraction of sp³-hybridized carbons (Fsp3) is 0.348. The number of amides is 1. The first-order valence-electron chi connectivity index (χ1n) is 10.3. The van der Waals surface area contributed by atoms with Gasteiger partial charge in [0, 0.05) is 35.6 Å². The number of nitrogens with one attached hydrogen (secondary N) is 1. The van der Waals surface area contributed by atoms with Crippen LogP contribution in [0.5, 0.6) is 0 Å². The van der Waals surface area contributed by atoms with Crippen LogP contribution in [0.1, 0.15) is 30.7 Å². The topological polar surface area (TPSA) is 71.3 Å². The number of piperidine rings is 1. The minimum atomic E-state index is 0.132. The standard InChI is InChI=1S/C23H25BrN4O2/c24-19-8-4-7-18(15-19)23-26-22(30-27-23)16-28-13-11-20(12-14-28)25-21(29)10-9-17-5-2-1-3-6-17/h1-8,15,20H,9-14,16H2,(H,25,29). The van der Waals surface area contributed by atoms with Gasteiger partial charge in [-0.25, -0.2) is 0 Å². The van der Waals surface area contributed by atoms with Crippen LogP contribution in [-0.2, 0) is 17.8 Å². The summed E-state index contributed by atoms with van der Waals surface area (Å²) in [7, 11) is 0. The predicted octanol–water partition coefficient (Wildman–Crippen LogP) is 4.21. The van der Waals surface area contributed by atoms with E-state index in [-0.39, 0.29) is 11.9 Å². The molecule has 1 amide bonds. The molecule has 0 radical (unpaired) electrons. The van der Waals surface area contributed by atoms with E-state index in [1.807, 2.05) is 42.5 Å². The summed E-state index contributed by atoms with van der Waals surface area (Å²) < 4.78 is 6.42. The average Bonchev–Trinajstić information content (AvgIpc) is 3.23. The lowest BCUT2D eigenvalue weighted by atomic mass is 10.0. The van der Waals surface area contributed by atoms with Gasteiger partial charge < -0.3 is 9.84 Å². The van der Waals surface area contributed by atoms with Crippen LogP contribution < -0.4 is 5.32 Å². The van der Waals surface area contributed by atoms with E-state index >= 15 is 0 Å². The molecule has 0 atom stereocenters. The first kappa shape index (κ1) is 20.8. The highest BCUT2D eigenvalue weighted by Crippen LogP contribution is 2.21. The molecule has 7 heteroatoms. The fourth-order valence-electron chi connectivity index (χ4n) is 3.69. The summed E-state index contributed by atoms with van der Waals surface area (Å²) in [5.41, 5.74) is 2.13. The van der Waals surface area contributed by atoms with Gasteiger partial charge in [0.05, 0.1) is 6.54 Å². The zero-order chi connectivity index (χ0) is 20.8. The van der Waals surface area contributed by atoms with E-state index in [9.17, 15) is 4.79 Å². The van der Waals surface area contributed by atoms with Crippen LogP contribution in [0.2, 0.25) is 0 Å². The Bertz CT molecular complexity index is 968. The Morgan fingerprint density at radius 2 is 1.93 bits per heavy atom. The summed E-state index contributed by atoms with van der Waals surface area (Å²) in [6.45, 7) is 2.44. The van der Waals surface area contributed by atoms with Gasteiger partial charge in [-0.15, -0.1) is 0 Å². The maximum atomic E-state index is 12.3. The van der Waals surface area contributed by atoms with E-state index in [1.165, 1.54) is 5.56 Å². The third-order valence-electron chi connectivity index (χ3n) is 5.35. The number of rotatable bonds is 7. The summed E-state index contributed by atoms with van der Waals surface area (Å²) in [4.78, 5) is 19.1. The van der Waals surface area contributed by atoms with E-state index in [0.717, 1.165) is 42.4 Å². The molecule has 2 aromatic carbocycles. The predicted molar refractivity (Wildman–Crippen MR) is 119 cm³/mol. The number of carbonyl (C=O) groups is 1. The number of aromatic nitrogens is 2. The van der Waals surface area contributed by atoms with Gasteiger partial charge in [0.25, 0.3) is 0 Å². The molecule has 3 aromatic rings. The molecule has 30 heavy (non-hydrogen) atoms. The molecule has 0 aliphatic carbocycles. The summed E-state index contributed by atoms with van der Waals surface area (Å²) in [5.74, 6) is 1.36. The normalized spacial score (nSPS) is 15.2. The maximum absolute atomic E-state index is 12.3. The van der Waals surface area contributed by atoms with Crippen LogP contribution in [0.4, 0.5) is 0 Å². The van der Waals surface area contributed by atoms with Crippen molar-refractivity contribution in [1.29, 1.82) is 0 Å². The lowest BCUT2D eigenvalue weighted by molar-refractivity contribution is -0.122. The van der Waals surface area contributed by atoms with Gasteiger partial charge in [-0.1, -0.05) is 63.6 Å². The van der Waals surface area contributed by atoms with Crippen molar-refractivity contribution >= 4 is 21.8 Å². The maximum Gasteiger partial charge on any atom is 0.241 e. The molecule has 1 aromatic heterocycles. The van der Waals surface area contributed by atoms with Gasteiger partial charge >= 0.3 is 0 Å². The van der Waals surface area contributed by atoms with Crippen LogP contribution >= 0.6 is 15.9 Å². The second-order valence-electron chi connectivity index (χ2n) is 7.63. The zero-order valence-corrected chi connectivity index (χ0v) is 18.3. The van der Waals surface area contributed by atoms with Crippen LogP contribution in [0.15, 0.2) is 63.6 Å². The largest absolute Gasteiger partial charge is 0.353 e. The summed E-state index contributed by atoms with van der Waals surface area (Å²) in [5, 5.41) is 7.29. The van der Waals surface area contributed by atoms with Crippen molar-refractivity contribution in [3.05, 3.63) is 70.5 Å². The van der Waals surface area contributed by atoms with Crippen molar-refractivity contribution in [3.63, 3.8) is 0 Å². The second-order valence-corrected chi connectivity index (χ2v) is 8.54. The molecule has 1 saturated heterocycles. The third kappa shape index (κ3) is 5.77. The van der Waals surface area contributed by atoms with Gasteiger partial charge in [-0.2, -0.15) is 4.98 Å². The molecule has 4 rings (SSSR count). The lowest BCUT2D eigenvalue weighted by Crippen LogP contribution is -2.44. The van der Waals surface area contributed by atoms with Gasteiger partial charge in [-0.05, 0) is 37.0 Å². The second kappa shape index (κ2) is 10.00. The van der Waals surface area contributed by atoms with Crippen LogP contribution in [0, 0.1) is 0 Å². The van der Waals surface area contributed by atoms with Crippen molar-refractivity contribution in [2.45, 2.75) is 38.3 Å². The Labute approximate surface area is 184 Å². The third-order valence-corrected chi connectivity index (χ3v) is 5.84. The molecule has 156 valence electrons. The number of halogens is 1. The Kier molecular flexibility index (Phi) is 6.92. The SMILES string of the molecule is O=C(CCc1ccccc1)NC1CCN(Cc2nc(-c3cccc(Br)c3)no2)CC1. The highest BCUT2D eigenvalue weighted by molar-refractivity contribution is 9.10. The molecule has 1 fully saturated rings.